The minimum absolute atomic E-state index is 0.0805. The lowest BCUT2D eigenvalue weighted by Gasteiger charge is -2.25. The molecule has 1 amide bonds. The van der Waals surface area contributed by atoms with Crippen molar-refractivity contribution in [2.24, 2.45) is 5.92 Å². The van der Waals surface area contributed by atoms with Crippen molar-refractivity contribution in [1.82, 2.24) is 5.32 Å². The minimum atomic E-state index is -0.562. The van der Waals surface area contributed by atoms with Gasteiger partial charge >= 0.3 is 0 Å². The Labute approximate surface area is 173 Å². The Morgan fingerprint density at radius 1 is 1.11 bits per heavy atom. The van der Waals surface area contributed by atoms with Gasteiger partial charge in [-0.15, -0.1) is 0 Å². The van der Waals surface area contributed by atoms with Gasteiger partial charge in [-0.1, -0.05) is 44.5 Å². The molecule has 0 radical (unpaired) electrons. The van der Waals surface area contributed by atoms with Crippen LogP contribution in [0.25, 0.3) is 0 Å². The Balaban J connectivity index is 2.13. The van der Waals surface area contributed by atoms with E-state index in [0.717, 1.165) is 23.3 Å². The fraction of sp³-hybridized carbons (Fsp3) is 0.435. The largest absolute Gasteiger partial charge is 0.497 e. The number of amides is 1. The molecule has 0 aliphatic rings. The van der Waals surface area contributed by atoms with Crippen LogP contribution in [-0.4, -0.2) is 19.1 Å². The third-order valence-electron chi connectivity index (χ3n) is 4.61. The molecule has 0 heterocycles. The van der Waals surface area contributed by atoms with E-state index >= 15 is 0 Å². The third-order valence-corrected chi connectivity index (χ3v) is 5.04. The van der Waals surface area contributed by atoms with Gasteiger partial charge in [-0.25, -0.2) is 0 Å². The summed E-state index contributed by atoms with van der Waals surface area (Å²) < 4.78 is 11.2. The van der Waals surface area contributed by atoms with Crippen LogP contribution in [0.4, 0.5) is 0 Å². The zero-order valence-electron chi connectivity index (χ0n) is 17.3. The molecule has 1 N–H and O–H groups in total. The summed E-state index contributed by atoms with van der Waals surface area (Å²) in [5.41, 5.74) is 1.98. The maximum atomic E-state index is 12.9. The van der Waals surface area contributed by atoms with Crippen LogP contribution in [0.15, 0.2) is 42.5 Å². The first-order chi connectivity index (χ1) is 13.3. The van der Waals surface area contributed by atoms with Crippen LogP contribution in [0.3, 0.4) is 0 Å². The maximum Gasteiger partial charge on any atom is 0.261 e. The molecule has 2 rings (SSSR count). The van der Waals surface area contributed by atoms with E-state index in [-0.39, 0.29) is 11.9 Å². The van der Waals surface area contributed by atoms with Crippen molar-refractivity contribution in [1.29, 1.82) is 0 Å². The number of ether oxygens (including phenoxy) is 2. The van der Waals surface area contributed by atoms with Crippen LogP contribution >= 0.6 is 11.6 Å². The predicted octanol–water partition coefficient (Wildman–Crippen LogP) is 5.72. The zero-order chi connectivity index (χ0) is 20.7. The van der Waals surface area contributed by atoms with Crippen LogP contribution in [-0.2, 0) is 4.79 Å². The van der Waals surface area contributed by atoms with Gasteiger partial charge in [0, 0.05) is 5.02 Å². The maximum absolute atomic E-state index is 12.9. The van der Waals surface area contributed by atoms with Crippen molar-refractivity contribution >= 4 is 17.5 Å². The molecule has 2 atom stereocenters. The smallest absolute Gasteiger partial charge is 0.261 e. The van der Waals surface area contributed by atoms with Gasteiger partial charge in [-0.3, -0.25) is 4.79 Å². The highest BCUT2D eigenvalue weighted by molar-refractivity contribution is 6.31. The first-order valence-electron chi connectivity index (χ1n) is 9.71. The second-order valence-electron chi connectivity index (χ2n) is 7.39. The van der Waals surface area contributed by atoms with Crippen molar-refractivity contribution in [3.05, 3.63) is 58.6 Å². The van der Waals surface area contributed by atoms with Crippen molar-refractivity contribution in [2.45, 2.75) is 52.7 Å². The number of carbonyl (C=O) groups excluding carboxylic acids is 1. The molecule has 28 heavy (non-hydrogen) atoms. The molecule has 0 saturated heterocycles. The molecule has 0 aliphatic carbocycles. The Bertz CT molecular complexity index is 774. The molecule has 0 fully saturated rings. The van der Waals surface area contributed by atoms with Crippen molar-refractivity contribution < 1.29 is 14.3 Å². The average molecular weight is 404 g/mol. The van der Waals surface area contributed by atoms with Crippen molar-refractivity contribution in [3.63, 3.8) is 0 Å². The summed E-state index contributed by atoms with van der Waals surface area (Å²) in [4.78, 5) is 12.9. The molecule has 4 nitrogen and oxygen atoms in total. The Morgan fingerprint density at radius 2 is 1.75 bits per heavy atom. The molecule has 0 aliphatic heterocycles. The van der Waals surface area contributed by atoms with E-state index in [2.05, 4.69) is 19.2 Å². The molecule has 0 saturated carbocycles. The van der Waals surface area contributed by atoms with Crippen LogP contribution in [0.2, 0.25) is 5.02 Å². The Kier molecular flexibility index (Phi) is 8.18. The number of rotatable bonds is 9. The number of halogens is 1. The molecular formula is C23H30ClNO3. The van der Waals surface area contributed by atoms with Gasteiger partial charge in [0.2, 0.25) is 0 Å². The fourth-order valence-electron chi connectivity index (χ4n) is 3.03. The third kappa shape index (κ3) is 6.16. The van der Waals surface area contributed by atoms with Gasteiger partial charge in [-0.2, -0.15) is 0 Å². The summed E-state index contributed by atoms with van der Waals surface area (Å²) in [6.45, 7) is 8.15. The Morgan fingerprint density at radius 3 is 2.29 bits per heavy atom. The molecule has 5 heteroatoms. The summed E-state index contributed by atoms with van der Waals surface area (Å²) >= 11 is 6.08. The highest BCUT2D eigenvalue weighted by Gasteiger charge is 2.23. The number of methoxy groups -OCH3 is 1. The van der Waals surface area contributed by atoms with Crippen LogP contribution in [0.5, 0.6) is 11.5 Å². The fourth-order valence-corrected chi connectivity index (χ4v) is 3.15. The highest BCUT2D eigenvalue weighted by Crippen LogP contribution is 2.25. The van der Waals surface area contributed by atoms with Gasteiger partial charge in [0.05, 0.1) is 13.2 Å². The minimum Gasteiger partial charge on any atom is -0.497 e. The number of hydrogen-bond acceptors (Lipinski definition) is 3. The lowest BCUT2D eigenvalue weighted by molar-refractivity contribution is -0.129. The normalized spacial score (nSPS) is 13.1. The lowest BCUT2D eigenvalue weighted by atomic mass is 9.96. The molecule has 2 aromatic carbocycles. The number of nitrogens with one attached hydrogen (secondary N) is 1. The Hall–Kier alpha value is -2.20. The summed E-state index contributed by atoms with van der Waals surface area (Å²) in [6.07, 6.45) is 0.854. The van der Waals surface area contributed by atoms with E-state index in [1.165, 1.54) is 0 Å². The zero-order valence-corrected chi connectivity index (χ0v) is 18.0. The predicted molar refractivity (Wildman–Crippen MR) is 114 cm³/mol. The summed E-state index contributed by atoms with van der Waals surface area (Å²) in [5.74, 6) is 1.77. The van der Waals surface area contributed by atoms with Gasteiger partial charge in [-0.05, 0) is 67.1 Å². The summed E-state index contributed by atoms with van der Waals surface area (Å²) in [6, 6.07) is 13.2. The van der Waals surface area contributed by atoms with Crippen LogP contribution in [0, 0.1) is 12.8 Å². The van der Waals surface area contributed by atoms with Gasteiger partial charge in [0.1, 0.15) is 11.5 Å². The first-order valence-corrected chi connectivity index (χ1v) is 10.1. The average Bonchev–Trinajstić information content (AvgIpc) is 2.67. The first kappa shape index (κ1) is 22.1. The lowest BCUT2D eigenvalue weighted by Crippen LogP contribution is -2.40. The molecule has 0 unspecified atom stereocenters. The van der Waals surface area contributed by atoms with Gasteiger partial charge in [0.15, 0.2) is 6.10 Å². The van der Waals surface area contributed by atoms with Crippen molar-refractivity contribution in [3.8, 4) is 11.5 Å². The number of carbonyl (C=O) groups is 1. The van der Waals surface area contributed by atoms with Crippen LogP contribution in [0.1, 0.15) is 50.8 Å². The quantitative estimate of drug-likeness (QED) is 0.582. The summed E-state index contributed by atoms with van der Waals surface area (Å²) in [5, 5.41) is 3.85. The number of aryl methyl sites for hydroxylation is 1. The van der Waals surface area contributed by atoms with E-state index in [1.54, 1.807) is 19.2 Å². The highest BCUT2D eigenvalue weighted by atomic mass is 35.5. The van der Waals surface area contributed by atoms with Gasteiger partial charge in [0.25, 0.3) is 5.91 Å². The van der Waals surface area contributed by atoms with Crippen molar-refractivity contribution in [2.75, 3.05) is 7.11 Å². The second-order valence-corrected chi connectivity index (χ2v) is 7.80. The number of benzene rings is 2. The topological polar surface area (TPSA) is 47.6 Å². The standard InChI is InChI=1S/C23H30ClNO3/c1-6-22(28-19-11-12-20(24)16(4)14-19)23(26)25-21(13-15(2)3)17-7-9-18(27-5)10-8-17/h7-12,14-15,21-22H,6,13H2,1-5H3,(H,25,26)/t21-,22-/m0/s1. The van der Waals surface area contributed by atoms with E-state index in [0.29, 0.717) is 23.1 Å². The molecule has 0 aromatic heterocycles. The van der Waals surface area contributed by atoms with E-state index < -0.39 is 6.10 Å². The van der Waals surface area contributed by atoms with E-state index in [4.69, 9.17) is 21.1 Å². The van der Waals surface area contributed by atoms with Gasteiger partial charge < -0.3 is 14.8 Å². The van der Waals surface area contributed by atoms with Crippen LogP contribution < -0.4 is 14.8 Å². The van der Waals surface area contributed by atoms with E-state index in [9.17, 15) is 4.79 Å². The molecule has 0 spiro atoms. The monoisotopic (exact) mass is 403 g/mol. The van der Waals surface area contributed by atoms with E-state index in [1.807, 2.05) is 44.2 Å². The molecule has 0 bridgehead atoms. The second kappa shape index (κ2) is 10.4. The molecule has 2 aromatic rings. The number of hydrogen-bond donors (Lipinski definition) is 1. The molecular weight excluding hydrogens is 374 g/mol. The SMILES string of the molecule is CC[C@H](Oc1ccc(Cl)c(C)c1)C(=O)N[C@@H](CC(C)C)c1ccc(OC)cc1. The summed E-state index contributed by atoms with van der Waals surface area (Å²) in [7, 11) is 1.64. The molecule has 152 valence electrons.